The average molecular weight is 301 g/mol. The highest BCUT2D eigenvalue weighted by atomic mass is 35.5. The van der Waals surface area contributed by atoms with Gasteiger partial charge in [-0.25, -0.2) is 9.97 Å². The number of nitrogens with two attached hydrogens (primary N) is 1. The molecule has 2 aromatic carbocycles. The van der Waals surface area contributed by atoms with Crippen molar-refractivity contribution in [3.05, 3.63) is 41.4 Å². The zero-order chi connectivity index (χ0) is 13.7. The Morgan fingerprint density at radius 3 is 2.90 bits per heavy atom. The largest absolute Gasteiger partial charge is 0.375 e. The topological polar surface area (TPSA) is 67.6 Å². The molecule has 2 aromatic heterocycles. The van der Waals surface area contributed by atoms with E-state index in [9.17, 15) is 0 Å². The molecule has 0 saturated carbocycles. The summed E-state index contributed by atoms with van der Waals surface area (Å²) in [7, 11) is 0. The maximum absolute atomic E-state index is 6.15. The van der Waals surface area contributed by atoms with Gasteiger partial charge in [-0.1, -0.05) is 29.0 Å². The Labute approximate surface area is 123 Å². The van der Waals surface area contributed by atoms with Gasteiger partial charge in [0.05, 0.1) is 20.8 Å². The molecule has 98 valence electrons. The molecule has 6 heteroatoms. The van der Waals surface area contributed by atoms with Crippen molar-refractivity contribution < 1.29 is 0 Å². The van der Waals surface area contributed by atoms with Crippen molar-refractivity contribution in [1.29, 1.82) is 0 Å². The molecule has 0 aliphatic rings. The number of aromatic amines is 1. The minimum atomic E-state index is 0.574. The van der Waals surface area contributed by atoms with Gasteiger partial charge >= 0.3 is 0 Å². The second kappa shape index (κ2) is 4.19. The summed E-state index contributed by atoms with van der Waals surface area (Å²) in [5.74, 6) is 0.793. The van der Waals surface area contributed by atoms with Gasteiger partial charge < -0.3 is 10.7 Å². The number of halogens is 1. The van der Waals surface area contributed by atoms with Crippen molar-refractivity contribution in [2.75, 3.05) is 5.73 Å². The van der Waals surface area contributed by atoms with Crippen LogP contribution in [0.15, 0.2) is 36.4 Å². The van der Waals surface area contributed by atoms with E-state index in [1.54, 1.807) is 0 Å². The molecule has 0 saturated heterocycles. The summed E-state index contributed by atoms with van der Waals surface area (Å²) < 4.78 is 1.05. The molecule has 0 amide bonds. The number of para-hydroxylation sites is 1. The van der Waals surface area contributed by atoms with Crippen LogP contribution in [0.25, 0.3) is 32.6 Å². The van der Waals surface area contributed by atoms with Gasteiger partial charge in [0.25, 0.3) is 0 Å². The zero-order valence-corrected chi connectivity index (χ0v) is 11.8. The Morgan fingerprint density at radius 2 is 2.05 bits per heavy atom. The fraction of sp³-hybridized carbons (Fsp3) is 0. The van der Waals surface area contributed by atoms with Gasteiger partial charge in [0.2, 0.25) is 0 Å². The molecule has 0 aliphatic carbocycles. The molecule has 2 heterocycles. The number of hydrogen-bond acceptors (Lipinski definition) is 4. The Morgan fingerprint density at radius 1 is 1.15 bits per heavy atom. The molecule has 4 nitrogen and oxygen atoms in total. The SMILES string of the molecule is Nc1nc2ccc(-c3nc4c(Cl)cccc4[nH]3)cc2s1. The second-order valence-electron chi connectivity index (χ2n) is 4.46. The predicted molar refractivity (Wildman–Crippen MR) is 84.1 cm³/mol. The van der Waals surface area contributed by atoms with Crippen molar-refractivity contribution in [1.82, 2.24) is 15.0 Å². The predicted octanol–water partition coefficient (Wildman–Crippen LogP) is 4.08. The number of imidazole rings is 1. The first-order valence-electron chi connectivity index (χ1n) is 6.01. The number of nitrogen functional groups attached to an aromatic ring is 1. The van der Waals surface area contributed by atoms with E-state index in [1.807, 2.05) is 36.4 Å². The number of anilines is 1. The van der Waals surface area contributed by atoms with E-state index in [-0.39, 0.29) is 0 Å². The van der Waals surface area contributed by atoms with Gasteiger partial charge in [-0.2, -0.15) is 0 Å². The molecule has 0 bridgehead atoms. The van der Waals surface area contributed by atoms with Gasteiger partial charge in [-0.05, 0) is 30.3 Å². The number of rotatable bonds is 1. The fourth-order valence-corrected chi connectivity index (χ4v) is 3.21. The molecule has 0 atom stereocenters. The third kappa shape index (κ3) is 1.75. The van der Waals surface area contributed by atoms with Crippen molar-refractivity contribution in [3.8, 4) is 11.4 Å². The van der Waals surface area contributed by atoms with E-state index in [1.165, 1.54) is 11.3 Å². The van der Waals surface area contributed by atoms with E-state index < -0.39 is 0 Å². The quantitative estimate of drug-likeness (QED) is 0.556. The highest BCUT2D eigenvalue weighted by molar-refractivity contribution is 7.22. The van der Waals surface area contributed by atoms with Crippen LogP contribution in [-0.2, 0) is 0 Å². The molecular weight excluding hydrogens is 292 g/mol. The molecule has 0 fully saturated rings. The number of H-pyrrole nitrogens is 1. The lowest BCUT2D eigenvalue weighted by Gasteiger charge is -1.95. The summed E-state index contributed by atoms with van der Waals surface area (Å²) in [6, 6.07) is 11.7. The molecule has 4 rings (SSSR count). The molecular formula is C14H9ClN4S. The number of thiazole rings is 1. The van der Waals surface area contributed by atoms with E-state index in [4.69, 9.17) is 17.3 Å². The first kappa shape index (κ1) is 11.7. The van der Waals surface area contributed by atoms with Crippen molar-refractivity contribution in [2.45, 2.75) is 0 Å². The van der Waals surface area contributed by atoms with Gasteiger partial charge in [0.1, 0.15) is 11.3 Å². The maximum Gasteiger partial charge on any atom is 0.181 e. The van der Waals surface area contributed by atoms with Crippen LogP contribution in [-0.4, -0.2) is 15.0 Å². The zero-order valence-electron chi connectivity index (χ0n) is 10.2. The van der Waals surface area contributed by atoms with Crippen LogP contribution in [0.5, 0.6) is 0 Å². The number of fused-ring (bicyclic) bond motifs is 2. The number of nitrogens with zero attached hydrogens (tertiary/aromatic N) is 2. The van der Waals surface area contributed by atoms with Gasteiger partial charge in [-0.15, -0.1) is 0 Å². The maximum atomic E-state index is 6.15. The Bertz CT molecular complexity index is 941. The number of hydrogen-bond donors (Lipinski definition) is 2. The van der Waals surface area contributed by atoms with E-state index >= 15 is 0 Å². The summed E-state index contributed by atoms with van der Waals surface area (Å²) in [6.07, 6.45) is 0. The van der Waals surface area contributed by atoms with Crippen molar-refractivity contribution >= 4 is 49.3 Å². The molecule has 4 aromatic rings. The summed E-state index contributed by atoms with van der Waals surface area (Å²) in [6.45, 7) is 0. The summed E-state index contributed by atoms with van der Waals surface area (Å²) in [5.41, 5.74) is 9.34. The first-order chi connectivity index (χ1) is 9.70. The summed E-state index contributed by atoms with van der Waals surface area (Å²) in [5, 5.41) is 1.22. The van der Waals surface area contributed by atoms with Crippen LogP contribution < -0.4 is 5.73 Å². The molecule has 0 radical (unpaired) electrons. The van der Waals surface area contributed by atoms with Crippen molar-refractivity contribution in [3.63, 3.8) is 0 Å². The standard InChI is InChI=1S/C14H9ClN4S/c15-8-2-1-3-10-12(8)19-13(17-10)7-4-5-9-11(6-7)20-14(16)18-9/h1-6H,(H2,16,18)(H,17,19). The molecule has 3 N–H and O–H groups in total. The normalized spacial score (nSPS) is 11.4. The Balaban J connectivity index is 1.93. The van der Waals surface area contributed by atoms with E-state index in [0.29, 0.717) is 10.2 Å². The highest BCUT2D eigenvalue weighted by Crippen LogP contribution is 2.30. The van der Waals surface area contributed by atoms with Gasteiger partial charge in [-0.3, -0.25) is 0 Å². The second-order valence-corrected chi connectivity index (χ2v) is 5.93. The number of aromatic nitrogens is 3. The van der Waals surface area contributed by atoms with Crippen LogP contribution in [0.2, 0.25) is 5.02 Å². The summed E-state index contributed by atoms with van der Waals surface area (Å²) >= 11 is 7.62. The van der Waals surface area contributed by atoms with E-state index in [0.717, 1.165) is 32.6 Å². The van der Waals surface area contributed by atoms with Crippen LogP contribution >= 0.6 is 22.9 Å². The van der Waals surface area contributed by atoms with Crippen LogP contribution in [0.4, 0.5) is 5.13 Å². The Hall–Kier alpha value is -2.11. The fourth-order valence-electron chi connectivity index (χ4n) is 2.22. The number of nitrogens with one attached hydrogen (secondary N) is 1. The summed E-state index contributed by atoms with van der Waals surface area (Å²) in [4.78, 5) is 12.1. The highest BCUT2D eigenvalue weighted by Gasteiger charge is 2.09. The molecule has 0 unspecified atom stereocenters. The third-order valence-corrected chi connectivity index (χ3v) is 4.29. The smallest absolute Gasteiger partial charge is 0.181 e. The minimum Gasteiger partial charge on any atom is -0.375 e. The van der Waals surface area contributed by atoms with Crippen LogP contribution in [0.3, 0.4) is 0 Å². The molecule has 20 heavy (non-hydrogen) atoms. The van der Waals surface area contributed by atoms with Crippen LogP contribution in [0, 0.1) is 0 Å². The number of benzene rings is 2. The van der Waals surface area contributed by atoms with Gasteiger partial charge in [0, 0.05) is 5.56 Å². The Kier molecular flexibility index (Phi) is 2.45. The molecule has 0 aliphatic heterocycles. The third-order valence-electron chi connectivity index (χ3n) is 3.14. The van der Waals surface area contributed by atoms with Crippen LogP contribution in [0.1, 0.15) is 0 Å². The lowest BCUT2D eigenvalue weighted by atomic mass is 10.2. The lowest BCUT2D eigenvalue weighted by Crippen LogP contribution is -1.80. The molecule has 0 spiro atoms. The van der Waals surface area contributed by atoms with Gasteiger partial charge in [0.15, 0.2) is 5.13 Å². The van der Waals surface area contributed by atoms with Crippen molar-refractivity contribution in [2.24, 2.45) is 0 Å². The average Bonchev–Trinajstić information content (AvgIpc) is 3.00. The van der Waals surface area contributed by atoms with E-state index in [2.05, 4.69) is 15.0 Å². The lowest BCUT2D eigenvalue weighted by molar-refractivity contribution is 1.34. The first-order valence-corrected chi connectivity index (χ1v) is 7.21. The minimum absolute atomic E-state index is 0.574. The monoisotopic (exact) mass is 300 g/mol.